The molecule has 0 radical (unpaired) electrons. The van der Waals surface area contributed by atoms with E-state index in [1.54, 1.807) is 6.07 Å². The molecule has 5 heteroatoms. The van der Waals surface area contributed by atoms with Gasteiger partial charge in [-0.2, -0.15) is 0 Å². The lowest BCUT2D eigenvalue weighted by Crippen LogP contribution is -2.36. The number of phenols is 1. The molecule has 2 heterocycles. The van der Waals surface area contributed by atoms with Crippen molar-refractivity contribution in [1.82, 2.24) is 9.88 Å². The largest absolute Gasteiger partial charge is 0.507 e. The van der Waals surface area contributed by atoms with E-state index < -0.39 is 0 Å². The number of hydrogen-bond donors (Lipinski definition) is 2. The number of benzene rings is 2. The van der Waals surface area contributed by atoms with E-state index in [9.17, 15) is 9.90 Å². The minimum Gasteiger partial charge on any atom is -0.507 e. The first-order valence-electron chi connectivity index (χ1n) is 10.8. The summed E-state index contributed by atoms with van der Waals surface area (Å²) in [4.78, 5) is 17.8. The molecule has 2 N–H and O–H groups in total. The number of hydrogen-bond acceptors (Lipinski definition) is 4. The number of fused-ring (bicyclic) bond motifs is 3. The van der Waals surface area contributed by atoms with Gasteiger partial charge >= 0.3 is 0 Å². The zero-order valence-electron chi connectivity index (χ0n) is 18.9. The molecule has 162 valence electrons. The molecule has 0 spiro atoms. The lowest BCUT2D eigenvalue weighted by Gasteiger charge is -2.35. The SMILES string of the molecule is CCC(CC)(CN(C)C)c1ccc(-c2c(O)cc(C)c3[nH]c(=O)c4sccc4c23)cc1. The van der Waals surface area contributed by atoms with Gasteiger partial charge in [0.1, 0.15) is 10.4 Å². The molecule has 0 amide bonds. The Morgan fingerprint density at radius 3 is 2.39 bits per heavy atom. The molecular weight excluding hydrogens is 404 g/mol. The van der Waals surface area contributed by atoms with Crippen LogP contribution in [0.3, 0.4) is 0 Å². The average Bonchev–Trinajstić information content (AvgIpc) is 3.24. The Bertz CT molecular complexity index is 1300. The first kappa shape index (κ1) is 21.6. The molecule has 0 saturated carbocycles. The highest BCUT2D eigenvalue weighted by Crippen LogP contribution is 2.42. The van der Waals surface area contributed by atoms with Crippen LogP contribution in [-0.4, -0.2) is 35.6 Å². The number of nitrogens with zero attached hydrogens (tertiary/aromatic N) is 1. The van der Waals surface area contributed by atoms with Gasteiger partial charge in [0.05, 0.1) is 5.52 Å². The van der Waals surface area contributed by atoms with E-state index in [2.05, 4.69) is 62.1 Å². The first-order chi connectivity index (χ1) is 14.8. The molecule has 0 bridgehead atoms. The summed E-state index contributed by atoms with van der Waals surface area (Å²) in [7, 11) is 4.25. The van der Waals surface area contributed by atoms with Gasteiger partial charge in [-0.05, 0) is 68.1 Å². The van der Waals surface area contributed by atoms with Crippen LogP contribution in [-0.2, 0) is 5.41 Å². The Morgan fingerprint density at radius 2 is 1.77 bits per heavy atom. The highest BCUT2D eigenvalue weighted by Gasteiger charge is 2.29. The van der Waals surface area contributed by atoms with Crippen molar-refractivity contribution in [2.45, 2.75) is 39.0 Å². The minimum absolute atomic E-state index is 0.0769. The topological polar surface area (TPSA) is 56.3 Å². The second kappa shape index (κ2) is 8.13. The van der Waals surface area contributed by atoms with Gasteiger partial charge in [0, 0.05) is 28.3 Å². The number of pyridine rings is 1. The minimum atomic E-state index is -0.0769. The number of likely N-dealkylation sites (N-methyl/N-ethyl adjacent to an activating group) is 1. The lowest BCUT2D eigenvalue weighted by molar-refractivity contribution is 0.265. The molecule has 2 aromatic carbocycles. The zero-order valence-corrected chi connectivity index (χ0v) is 19.7. The number of rotatable bonds is 6. The van der Waals surface area contributed by atoms with Crippen LogP contribution >= 0.6 is 11.3 Å². The predicted octanol–water partition coefficient (Wildman–Crippen LogP) is 6.04. The maximum Gasteiger partial charge on any atom is 0.266 e. The molecule has 0 aliphatic rings. The first-order valence-corrected chi connectivity index (χ1v) is 11.7. The Hall–Kier alpha value is -2.63. The summed E-state index contributed by atoms with van der Waals surface area (Å²) < 4.78 is 0.692. The zero-order chi connectivity index (χ0) is 22.3. The molecule has 0 aliphatic carbocycles. The van der Waals surface area contributed by atoms with Gasteiger partial charge in [-0.25, -0.2) is 0 Å². The Labute approximate surface area is 187 Å². The molecule has 0 atom stereocenters. The van der Waals surface area contributed by atoms with E-state index in [0.717, 1.165) is 52.4 Å². The van der Waals surface area contributed by atoms with E-state index in [-0.39, 0.29) is 16.7 Å². The third-order valence-electron chi connectivity index (χ3n) is 6.64. The molecule has 4 nitrogen and oxygen atoms in total. The van der Waals surface area contributed by atoms with Crippen molar-refractivity contribution in [3.05, 3.63) is 63.3 Å². The van der Waals surface area contributed by atoms with Crippen LogP contribution < -0.4 is 5.56 Å². The van der Waals surface area contributed by atoms with Crippen molar-refractivity contribution in [3.8, 4) is 16.9 Å². The molecule has 2 aromatic heterocycles. The maximum absolute atomic E-state index is 12.5. The third kappa shape index (κ3) is 3.56. The number of nitrogens with one attached hydrogen (secondary N) is 1. The van der Waals surface area contributed by atoms with E-state index in [0.29, 0.717) is 4.70 Å². The summed E-state index contributed by atoms with van der Waals surface area (Å²) in [6.07, 6.45) is 2.13. The van der Waals surface area contributed by atoms with Crippen molar-refractivity contribution in [2.24, 2.45) is 0 Å². The van der Waals surface area contributed by atoms with Crippen molar-refractivity contribution in [1.29, 1.82) is 0 Å². The van der Waals surface area contributed by atoms with E-state index in [1.165, 1.54) is 16.9 Å². The van der Waals surface area contributed by atoms with Crippen LogP contribution in [0, 0.1) is 6.92 Å². The number of thiophene rings is 1. The van der Waals surface area contributed by atoms with Crippen LogP contribution in [0.25, 0.3) is 32.1 Å². The Balaban J connectivity index is 1.94. The standard InChI is InChI=1S/C26H30N2O2S/c1-6-26(7-2,15-28(4)5)18-10-8-17(9-11-18)21-20(29)14-16(3)23-22(21)19-12-13-31-24(19)25(30)27-23/h8-14,29H,6-7,15H2,1-5H3,(H,27,30). The van der Waals surface area contributed by atoms with Gasteiger partial charge in [0.15, 0.2) is 0 Å². The average molecular weight is 435 g/mol. The second-order valence-electron chi connectivity index (χ2n) is 8.76. The van der Waals surface area contributed by atoms with E-state index in [1.807, 2.05) is 18.4 Å². The molecule has 0 aliphatic heterocycles. The smallest absolute Gasteiger partial charge is 0.266 e. The number of aryl methyl sites for hydroxylation is 1. The predicted molar refractivity (Wildman–Crippen MR) is 133 cm³/mol. The van der Waals surface area contributed by atoms with Crippen LogP contribution in [0.4, 0.5) is 0 Å². The fourth-order valence-corrected chi connectivity index (χ4v) is 5.74. The van der Waals surface area contributed by atoms with Crippen LogP contribution in [0.1, 0.15) is 37.8 Å². The van der Waals surface area contributed by atoms with Crippen molar-refractivity contribution < 1.29 is 5.11 Å². The Kier molecular flexibility index (Phi) is 5.67. The fourth-order valence-electron chi connectivity index (χ4n) is 4.94. The molecule has 0 saturated heterocycles. The highest BCUT2D eigenvalue weighted by molar-refractivity contribution is 7.17. The highest BCUT2D eigenvalue weighted by atomic mass is 32.1. The molecule has 4 rings (SSSR count). The maximum atomic E-state index is 12.5. The molecular formula is C26H30N2O2S. The van der Waals surface area contributed by atoms with Crippen LogP contribution in [0.5, 0.6) is 5.75 Å². The second-order valence-corrected chi connectivity index (χ2v) is 9.67. The fraction of sp³-hybridized carbons (Fsp3) is 0.346. The van der Waals surface area contributed by atoms with E-state index >= 15 is 0 Å². The van der Waals surface area contributed by atoms with Crippen molar-refractivity contribution >= 4 is 32.3 Å². The lowest BCUT2D eigenvalue weighted by atomic mass is 9.75. The van der Waals surface area contributed by atoms with Crippen molar-refractivity contribution in [3.63, 3.8) is 0 Å². The van der Waals surface area contributed by atoms with Gasteiger partial charge in [-0.1, -0.05) is 38.1 Å². The van der Waals surface area contributed by atoms with Gasteiger partial charge in [0.2, 0.25) is 0 Å². The summed E-state index contributed by atoms with van der Waals surface area (Å²) in [5, 5.41) is 14.7. The summed E-state index contributed by atoms with van der Waals surface area (Å²) in [6, 6.07) is 12.3. The number of H-pyrrole nitrogens is 1. The summed E-state index contributed by atoms with van der Waals surface area (Å²) in [6.45, 7) is 7.42. The normalized spacial score (nSPS) is 12.3. The van der Waals surface area contributed by atoms with Gasteiger partial charge < -0.3 is 15.0 Å². The quantitative estimate of drug-likeness (QED) is 0.389. The number of aromatic hydroxyl groups is 1. The Morgan fingerprint density at radius 1 is 1.10 bits per heavy atom. The number of aromatic amines is 1. The molecule has 0 fully saturated rings. The summed E-state index contributed by atoms with van der Waals surface area (Å²) in [5.41, 5.74) is 4.73. The van der Waals surface area contributed by atoms with Crippen LogP contribution in [0.15, 0.2) is 46.6 Å². The molecule has 31 heavy (non-hydrogen) atoms. The van der Waals surface area contributed by atoms with E-state index in [4.69, 9.17) is 0 Å². The number of phenolic OH excluding ortho intramolecular Hbond substituents is 1. The van der Waals surface area contributed by atoms with Gasteiger partial charge in [-0.15, -0.1) is 11.3 Å². The van der Waals surface area contributed by atoms with Gasteiger partial charge in [0.25, 0.3) is 5.56 Å². The summed E-state index contributed by atoms with van der Waals surface area (Å²) >= 11 is 1.43. The molecule has 4 aromatic rings. The van der Waals surface area contributed by atoms with Crippen molar-refractivity contribution in [2.75, 3.05) is 20.6 Å². The molecule has 0 unspecified atom stereocenters. The third-order valence-corrected chi connectivity index (χ3v) is 7.55. The van der Waals surface area contributed by atoms with Gasteiger partial charge in [-0.3, -0.25) is 4.79 Å². The number of aromatic nitrogens is 1. The monoisotopic (exact) mass is 434 g/mol. The van der Waals surface area contributed by atoms with Crippen LogP contribution in [0.2, 0.25) is 0 Å². The summed E-state index contributed by atoms with van der Waals surface area (Å²) in [5.74, 6) is 0.239.